The van der Waals surface area contributed by atoms with Gasteiger partial charge in [-0.15, -0.1) is 0 Å². The molecule has 0 unspecified atom stereocenters. The molecule has 0 spiro atoms. The number of hydrogen-bond acceptors (Lipinski definition) is 3. The monoisotopic (exact) mass is 270 g/mol. The standard InChI is InChI=1S/C17H22N2O/c1-3-14-8-5-6-11-17(14)20-13-16-10-7-9-15(19-16)12-18-4-2/h5-11,18H,3-4,12-13H2,1-2H3. The number of rotatable bonds is 7. The van der Waals surface area contributed by atoms with Gasteiger partial charge in [0.15, 0.2) is 0 Å². The molecule has 0 aliphatic heterocycles. The average molecular weight is 270 g/mol. The van der Waals surface area contributed by atoms with Crippen molar-refractivity contribution < 1.29 is 4.74 Å². The molecule has 20 heavy (non-hydrogen) atoms. The van der Waals surface area contributed by atoms with Gasteiger partial charge in [-0.05, 0) is 36.7 Å². The Morgan fingerprint density at radius 3 is 2.60 bits per heavy atom. The molecular weight excluding hydrogens is 248 g/mol. The minimum absolute atomic E-state index is 0.511. The van der Waals surface area contributed by atoms with Crippen molar-refractivity contribution in [2.75, 3.05) is 6.54 Å². The van der Waals surface area contributed by atoms with Gasteiger partial charge in [0.05, 0.1) is 11.4 Å². The summed E-state index contributed by atoms with van der Waals surface area (Å²) in [6, 6.07) is 14.2. The van der Waals surface area contributed by atoms with E-state index in [-0.39, 0.29) is 0 Å². The van der Waals surface area contributed by atoms with Gasteiger partial charge in [-0.25, -0.2) is 0 Å². The van der Waals surface area contributed by atoms with Crippen LogP contribution in [-0.2, 0) is 19.6 Å². The topological polar surface area (TPSA) is 34.1 Å². The number of aryl methyl sites for hydroxylation is 1. The Morgan fingerprint density at radius 2 is 1.80 bits per heavy atom. The van der Waals surface area contributed by atoms with Gasteiger partial charge >= 0.3 is 0 Å². The van der Waals surface area contributed by atoms with E-state index in [1.54, 1.807) is 0 Å². The van der Waals surface area contributed by atoms with Crippen LogP contribution < -0.4 is 10.1 Å². The molecule has 2 aromatic rings. The first-order valence-electron chi connectivity index (χ1n) is 7.19. The van der Waals surface area contributed by atoms with Crippen molar-refractivity contribution in [2.24, 2.45) is 0 Å². The van der Waals surface area contributed by atoms with E-state index in [1.165, 1.54) is 5.56 Å². The van der Waals surface area contributed by atoms with E-state index >= 15 is 0 Å². The zero-order valence-electron chi connectivity index (χ0n) is 12.2. The molecule has 1 aromatic heterocycles. The first-order chi connectivity index (χ1) is 9.83. The number of aromatic nitrogens is 1. The molecule has 106 valence electrons. The maximum atomic E-state index is 5.89. The molecule has 0 atom stereocenters. The van der Waals surface area contributed by atoms with Gasteiger partial charge in [0.2, 0.25) is 0 Å². The predicted octanol–water partition coefficient (Wildman–Crippen LogP) is 3.33. The number of nitrogens with zero attached hydrogens (tertiary/aromatic N) is 1. The number of hydrogen-bond donors (Lipinski definition) is 1. The van der Waals surface area contributed by atoms with Crippen LogP contribution >= 0.6 is 0 Å². The third-order valence-electron chi connectivity index (χ3n) is 3.15. The van der Waals surface area contributed by atoms with Crippen LogP contribution in [0.3, 0.4) is 0 Å². The quantitative estimate of drug-likeness (QED) is 0.838. The minimum Gasteiger partial charge on any atom is -0.487 e. The zero-order chi connectivity index (χ0) is 14.2. The lowest BCUT2D eigenvalue weighted by atomic mass is 10.1. The molecule has 0 amide bonds. The van der Waals surface area contributed by atoms with Crippen LogP contribution in [0.4, 0.5) is 0 Å². The summed E-state index contributed by atoms with van der Waals surface area (Å²) in [6.45, 7) is 6.49. The molecule has 0 fully saturated rings. The van der Waals surface area contributed by atoms with Crippen LogP contribution in [0.2, 0.25) is 0 Å². The summed E-state index contributed by atoms with van der Waals surface area (Å²) in [4.78, 5) is 4.59. The molecule has 1 aromatic carbocycles. The second kappa shape index (κ2) is 7.65. The van der Waals surface area contributed by atoms with E-state index in [0.717, 1.165) is 36.6 Å². The zero-order valence-corrected chi connectivity index (χ0v) is 12.2. The van der Waals surface area contributed by atoms with E-state index in [9.17, 15) is 0 Å². The Hall–Kier alpha value is -1.87. The van der Waals surface area contributed by atoms with Gasteiger partial charge < -0.3 is 10.1 Å². The molecule has 0 aliphatic carbocycles. The molecule has 2 rings (SSSR count). The second-order valence-corrected chi connectivity index (χ2v) is 4.65. The number of pyridine rings is 1. The fourth-order valence-electron chi connectivity index (χ4n) is 2.05. The van der Waals surface area contributed by atoms with E-state index in [0.29, 0.717) is 6.61 Å². The maximum absolute atomic E-state index is 5.89. The van der Waals surface area contributed by atoms with Crippen molar-refractivity contribution in [3.8, 4) is 5.75 Å². The largest absolute Gasteiger partial charge is 0.487 e. The highest BCUT2D eigenvalue weighted by Gasteiger charge is 2.03. The number of para-hydroxylation sites is 1. The Labute approximate surface area is 121 Å². The molecule has 0 saturated carbocycles. The fourth-order valence-corrected chi connectivity index (χ4v) is 2.05. The van der Waals surface area contributed by atoms with Crippen LogP contribution in [0.15, 0.2) is 42.5 Å². The third-order valence-corrected chi connectivity index (χ3v) is 3.15. The van der Waals surface area contributed by atoms with Crippen LogP contribution in [0, 0.1) is 0 Å². The highest BCUT2D eigenvalue weighted by atomic mass is 16.5. The summed E-state index contributed by atoms with van der Waals surface area (Å²) in [5, 5.41) is 3.28. The van der Waals surface area contributed by atoms with Gasteiger partial charge in [-0.1, -0.05) is 38.1 Å². The Bertz CT molecular complexity index is 540. The second-order valence-electron chi connectivity index (χ2n) is 4.65. The average Bonchev–Trinajstić information content (AvgIpc) is 2.51. The SMILES string of the molecule is CCNCc1cccc(COc2ccccc2CC)n1. The van der Waals surface area contributed by atoms with Crippen LogP contribution in [-0.4, -0.2) is 11.5 Å². The summed E-state index contributed by atoms with van der Waals surface area (Å²) in [6.07, 6.45) is 0.976. The van der Waals surface area contributed by atoms with Gasteiger partial charge in [0, 0.05) is 6.54 Å². The molecule has 0 aliphatic rings. The Balaban J connectivity index is 1.99. The smallest absolute Gasteiger partial charge is 0.130 e. The lowest BCUT2D eigenvalue weighted by Gasteiger charge is -2.10. The number of benzene rings is 1. The van der Waals surface area contributed by atoms with Gasteiger partial charge in [0.1, 0.15) is 12.4 Å². The number of nitrogens with one attached hydrogen (secondary N) is 1. The molecule has 1 N–H and O–H groups in total. The van der Waals surface area contributed by atoms with Crippen molar-refractivity contribution >= 4 is 0 Å². The summed E-state index contributed by atoms with van der Waals surface area (Å²) < 4.78 is 5.89. The van der Waals surface area contributed by atoms with Gasteiger partial charge in [-0.2, -0.15) is 0 Å². The van der Waals surface area contributed by atoms with Crippen molar-refractivity contribution in [2.45, 2.75) is 33.4 Å². The number of ether oxygens (including phenoxy) is 1. The lowest BCUT2D eigenvalue weighted by Crippen LogP contribution is -2.13. The summed E-state index contributed by atoms with van der Waals surface area (Å²) in [7, 11) is 0. The summed E-state index contributed by atoms with van der Waals surface area (Å²) in [5.74, 6) is 0.953. The van der Waals surface area contributed by atoms with Crippen molar-refractivity contribution in [3.63, 3.8) is 0 Å². The van der Waals surface area contributed by atoms with Gasteiger partial charge in [0.25, 0.3) is 0 Å². The third kappa shape index (κ3) is 4.07. The van der Waals surface area contributed by atoms with E-state index in [1.807, 2.05) is 36.4 Å². The van der Waals surface area contributed by atoms with E-state index in [4.69, 9.17) is 4.74 Å². The molecular formula is C17H22N2O. The minimum atomic E-state index is 0.511. The lowest BCUT2D eigenvalue weighted by molar-refractivity contribution is 0.298. The van der Waals surface area contributed by atoms with Crippen LogP contribution in [0.25, 0.3) is 0 Å². The predicted molar refractivity (Wildman–Crippen MR) is 81.8 cm³/mol. The van der Waals surface area contributed by atoms with Crippen molar-refractivity contribution in [3.05, 3.63) is 59.4 Å². The molecule has 0 radical (unpaired) electrons. The molecule has 1 heterocycles. The van der Waals surface area contributed by atoms with Crippen molar-refractivity contribution in [1.29, 1.82) is 0 Å². The summed E-state index contributed by atoms with van der Waals surface area (Å²) in [5.41, 5.74) is 3.25. The molecule has 0 bridgehead atoms. The van der Waals surface area contributed by atoms with Crippen LogP contribution in [0.1, 0.15) is 30.8 Å². The normalized spacial score (nSPS) is 10.5. The first-order valence-corrected chi connectivity index (χ1v) is 7.19. The van der Waals surface area contributed by atoms with Crippen LogP contribution in [0.5, 0.6) is 5.75 Å². The molecule has 3 nitrogen and oxygen atoms in total. The highest BCUT2D eigenvalue weighted by Crippen LogP contribution is 2.19. The van der Waals surface area contributed by atoms with Gasteiger partial charge in [-0.3, -0.25) is 4.98 Å². The fraction of sp³-hybridized carbons (Fsp3) is 0.353. The molecule has 0 saturated heterocycles. The Kier molecular flexibility index (Phi) is 5.56. The summed E-state index contributed by atoms with van der Waals surface area (Å²) >= 11 is 0. The highest BCUT2D eigenvalue weighted by molar-refractivity contribution is 5.33. The van der Waals surface area contributed by atoms with E-state index < -0.39 is 0 Å². The Morgan fingerprint density at radius 1 is 1.00 bits per heavy atom. The van der Waals surface area contributed by atoms with Crippen molar-refractivity contribution in [1.82, 2.24) is 10.3 Å². The maximum Gasteiger partial charge on any atom is 0.130 e. The first kappa shape index (κ1) is 14.5. The molecule has 3 heteroatoms. The van der Waals surface area contributed by atoms with E-state index in [2.05, 4.69) is 30.2 Å².